The summed E-state index contributed by atoms with van der Waals surface area (Å²) in [6.07, 6.45) is 3.83. The van der Waals surface area contributed by atoms with Crippen LogP contribution in [0.25, 0.3) is 0 Å². The Kier molecular flexibility index (Phi) is 5.18. The van der Waals surface area contributed by atoms with E-state index in [1.54, 1.807) is 0 Å². The lowest BCUT2D eigenvalue weighted by molar-refractivity contribution is 0.116. The van der Waals surface area contributed by atoms with E-state index in [9.17, 15) is 4.79 Å². The Morgan fingerprint density at radius 2 is 2.47 bits per heavy atom. The van der Waals surface area contributed by atoms with Crippen LogP contribution < -0.4 is 10.6 Å². The number of hydrogen-bond acceptors (Lipinski definition) is 3. The lowest BCUT2D eigenvalue weighted by Gasteiger charge is -2.14. The number of rotatable bonds is 4. The number of amides is 1. The molecule has 2 N–H and O–H groups in total. The zero-order valence-corrected chi connectivity index (χ0v) is 9.51. The first-order valence-corrected chi connectivity index (χ1v) is 5.51. The summed E-state index contributed by atoms with van der Waals surface area (Å²) in [6.45, 7) is 6.34. The van der Waals surface area contributed by atoms with Gasteiger partial charge in [-0.05, 0) is 33.2 Å². The fraction of sp³-hybridized carbons (Fsp3) is 0.727. The number of carbonyl (C=O) groups is 1. The molecule has 0 aliphatic carbocycles. The molecule has 0 radical (unpaired) electrons. The third-order valence-electron chi connectivity index (χ3n) is 2.22. The minimum atomic E-state index is -0.320. The van der Waals surface area contributed by atoms with Crippen molar-refractivity contribution in [3.05, 3.63) is 11.6 Å². The number of carbonyl (C=O) groups excluding carboxylic acids is 1. The maximum absolute atomic E-state index is 11.1. The van der Waals surface area contributed by atoms with Crippen molar-refractivity contribution in [2.24, 2.45) is 0 Å². The maximum atomic E-state index is 11.1. The molecule has 0 atom stereocenters. The zero-order valence-electron chi connectivity index (χ0n) is 9.51. The number of ether oxygens (including phenoxy) is 1. The molecule has 0 aromatic rings. The summed E-state index contributed by atoms with van der Waals surface area (Å²) in [4.78, 5) is 11.1. The molecule has 1 aliphatic rings. The second-order valence-corrected chi connectivity index (χ2v) is 3.95. The van der Waals surface area contributed by atoms with Crippen LogP contribution in [0.2, 0.25) is 0 Å². The van der Waals surface area contributed by atoms with Gasteiger partial charge in [-0.3, -0.25) is 0 Å². The van der Waals surface area contributed by atoms with Gasteiger partial charge in [0.2, 0.25) is 0 Å². The highest BCUT2D eigenvalue weighted by molar-refractivity contribution is 5.67. The molecule has 86 valence electrons. The van der Waals surface area contributed by atoms with Crippen LogP contribution in [0, 0.1) is 0 Å². The smallest absolute Gasteiger partial charge is 0.407 e. The highest BCUT2D eigenvalue weighted by atomic mass is 16.6. The summed E-state index contributed by atoms with van der Waals surface area (Å²) < 4.78 is 4.96. The first-order chi connectivity index (χ1) is 7.18. The summed E-state index contributed by atoms with van der Waals surface area (Å²) in [5, 5.41) is 5.99. The Labute approximate surface area is 91.1 Å². The van der Waals surface area contributed by atoms with Crippen LogP contribution in [0.4, 0.5) is 4.79 Å². The molecule has 0 saturated carbocycles. The van der Waals surface area contributed by atoms with Gasteiger partial charge >= 0.3 is 6.09 Å². The van der Waals surface area contributed by atoms with Gasteiger partial charge in [-0.25, -0.2) is 4.79 Å². The van der Waals surface area contributed by atoms with Gasteiger partial charge in [0.15, 0.2) is 0 Å². The van der Waals surface area contributed by atoms with Gasteiger partial charge < -0.3 is 15.4 Å². The quantitative estimate of drug-likeness (QED) is 0.693. The van der Waals surface area contributed by atoms with E-state index in [-0.39, 0.29) is 12.2 Å². The average Bonchev–Trinajstić information content (AvgIpc) is 2.18. The third kappa shape index (κ3) is 5.42. The summed E-state index contributed by atoms with van der Waals surface area (Å²) in [5.41, 5.74) is 1.42. The third-order valence-corrected chi connectivity index (χ3v) is 2.22. The number of nitrogens with one attached hydrogen (secondary N) is 2. The minimum absolute atomic E-state index is 0.0527. The van der Waals surface area contributed by atoms with Gasteiger partial charge in [0, 0.05) is 13.1 Å². The topological polar surface area (TPSA) is 50.4 Å². The van der Waals surface area contributed by atoms with Gasteiger partial charge in [-0.15, -0.1) is 0 Å². The Morgan fingerprint density at radius 1 is 1.67 bits per heavy atom. The SMILES string of the molecule is CC(C)OC(=O)NCCC1=CCNCC1. The molecular weight excluding hydrogens is 192 g/mol. The van der Waals surface area contributed by atoms with Crippen molar-refractivity contribution in [1.29, 1.82) is 0 Å². The molecule has 1 heterocycles. The fourth-order valence-corrected chi connectivity index (χ4v) is 1.48. The maximum Gasteiger partial charge on any atom is 0.407 e. The molecule has 0 saturated heterocycles. The molecule has 0 fully saturated rings. The molecule has 0 unspecified atom stereocenters. The second kappa shape index (κ2) is 6.45. The number of hydrogen-bond donors (Lipinski definition) is 2. The Morgan fingerprint density at radius 3 is 3.07 bits per heavy atom. The van der Waals surface area contributed by atoms with Crippen molar-refractivity contribution in [2.75, 3.05) is 19.6 Å². The highest BCUT2D eigenvalue weighted by Crippen LogP contribution is 2.07. The van der Waals surface area contributed by atoms with Crippen LogP contribution in [0.3, 0.4) is 0 Å². The predicted octanol–water partition coefficient (Wildman–Crippen LogP) is 1.43. The standard InChI is InChI=1S/C11H20N2O2/c1-9(2)15-11(14)13-8-5-10-3-6-12-7-4-10/h3,9,12H,4-8H2,1-2H3,(H,13,14). The van der Waals surface area contributed by atoms with E-state index in [1.165, 1.54) is 5.57 Å². The zero-order chi connectivity index (χ0) is 11.1. The molecule has 0 spiro atoms. The molecule has 15 heavy (non-hydrogen) atoms. The Hall–Kier alpha value is -1.03. The predicted molar refractivity (Wildman–Crippen MR) is 59.8 cm³/mol. The van der Waals surface area contributed by atoms with E-state index in [4.69, 9.17) is 4.74 Å². The second-order valence-electron chi connectivity index (χ2n) is 3.95. The van der Waals surface area contributed by atoms with Crippen LogP contribution in [0.1, 0.15) is 26.7 Å². The van der Waals surface area contributed by atoms with E-state index >= 15 is 0 Å². The minimum Gasteiger partial charge on any atom is -0.447 e. The van der Waals surface area contributed by atoms with Crippen molar-refractivity contribution in [2.45, 2.75) is 32.8 Å². The monoisotopic (exact) mass is 212 g/mol. The molecule has 1 aliphatic heterocycles. The summed E-state index contributed by atoms with van der Waals surface area (Å²) in [7, 11) is 0. The molecule has 0 bridgehead atoms. The highest BCUT2D eigenvalue weighted by Gasteiger charge is 2.06. The number of alkyl carbamates (subject to hydrolysis) is 1. The van der Waals surface area contributed by atoms with E-state index in [1.807, 2.05) is 13.8 Å². The molecular formula is C11H20N2O2. The van der Waals surface area contributed by atoms with Gasteiger partial charge in [0.1, 0.15) is 0 Å². The molecule has 4 nitrogen and oxygen atoms in total. The van der Waals surface area contributed by atoms with Gasteiger partial charge in [-0.1, -0.05) is 11.6 Å². The van der Waals surface area contributed by atoms with E-state index in [2.05, 4.69) is 16.7 Å². The normalized spacial score (nSPS) is 16.1. The molecule has 1 amide bonds. The van der Waals surface area contributed by atoms with Crippen molar-refractivity contribution in [3.63, 3.8) is 0 Å². The van der Waals surface area contributed by atoms with Gasteiger partial charge in [-0.2, -0.15) is 0 Å². The summed E-state index contributed by atoms with van der Waals surface area (Å²) in [6, 6.07) is 0. The van der Waals surface area contributed by atoms with Crippen LogP contribution in [0.5, 0.6) is 0 Å². The lowest BCUT2D eigenvalue weighted by atomic mass is 10.1. The fourth-order valence-electron chi connectivity index (χ4n) is 1.48. The van der Waals surface area contributed by atoms with Crippen LogP contribution >= 0.6 is 0 Å². The van der Waals surface area contributed by atoms with Crippen LogP contribution in [0.15, 0.2) is 11.6 Å². The van der Waals surface area contributed by atoms with Crippen LogP contribution in [-0.2, 0) is 4.74 Å². The first kappa shape index (κ1) is 12.0. The molecule has 1 rings (SSSR count). The van der Waals surface area contributed by atoms with Crippen molar-refractivity contribution < 1.29 is 9.53 Å². The van der Waals surface area contributed by atoms with E-state index < -0.39 is 0 Å². The lowest BCUT2D eigenvalue weighted by Crippen LogP contribution is -2.28. The summed E-state index contributed by atoms with van der Waals surface area (Å²) in [5.74, 6) is 0. The average molecular weight is 212 g/mol. The molecule has 4 heteroatoms. The van der Waals surface area contributed by atoms with Crippen LogP contribution in [-0.4, -0.2) is 31.8 Å². The largest absolute Gasteiger partial charge is 0.447 e. The van der Waals surface area contributed by atoms with E-state index in [0.29, 0.717) is 6.54 Å². The van der Waals surface area contributed by atoms with Crippen molar-refractivity contribution in [1.82, 2.24) is 10.6 Å². The Balaban J connectivity index is 2.10. The van der Waals surface area contributed by atoms with Gasteiger partial charge in [0.25, 0.3) is 0 Å². The van der Waals surface area contributed by atoms with E-state index in [0.717, 1.165) is 25.9 Å². The van der Waals surface area contributed by atoms with Crippen molar-refractivity contribution in [3.8, 4) is 0 Å². The molecule has 0 aromatic carbocycles. The first-order valence-electron chi connectivity index (χ1n) is 5.51. The molecule has 0 aromatic heterocycles. The summed E-state index contributed by atoms with van der Waals surface area (Å²) >= 11 is 0. The van der Waals surface area contributed by atoms with Crippen molar-refractivity contribution >= 4 is 6.09 Å². The van der Waals surface area contributed by atoms with Gasteiger partial charge in [0.05, 0.1) is 6.10 Å². The Bertz CT molecular complexity index is 237.